The van der Waals surface area contributed by atoms with Crippen molar-refractivity contribution in [2.75, 3.05) is 69.0 Å². The van der Waals surface area contributed by atoms with E-state index in [1.807, 2.05) is 65.1 Å². The monoisotopic (exact) mass is 2440 g/mol. The minimum absolute atomic E-state index is 0. The number of carboxylic acid groups (broad SMARTS) is 2. The maximum absolute atomic E-state index is 13.8. The van der Waals surface area contributed by atoms with Gasteiger partial charge in [-0.15, -0.1) is 0 Å². The molecule has 39 heteroatoms. The van der Waals surface area contributed by atoms with Gasteiger partial charge in [-0.3, -0.25) is 19.2 Å². The van der Waals surface area contributed by atoms with E-state index in [9.17, 15) is 74.0 Å². The third-order valence-corrected chi connectivity index (χ3v) is 21.7. The van der Waals surface area contributed by atoms with Crippen LogP contribution in [0.25, 0.3) is 0 Å². The summed E-state index contributed by atoms with van der Waals surface area (Å²) in [6.45, 7) is 13.7. The summed E-state index contributed by atoms with van der Waals surface area (Å²) in [5, 5.41) is 28.3. The Hall–Kier alpha value is -7.06. The third kappa shape index (κ3) is 41.1. The van der Waals surface area contributed by atoms with Crippen molar-refractivity contribution in [1.82, 2.24) is 4.90 Å². The van der Waals surface area contributed by atoms with Gasteiger partial charge in [0, 0.05) is 122 Å². The molecule has 10 aromatic rings. The zero-order chi connectivity index (χ0) is 95.5. The molecule has 5 N–H and O–H groups in total. The van der Waals surface area contributed by atoms with Gasteiger partial charge in [-0.2, -0.15) is 36.4 Å². The number of benzene rings is 10. The fourth-order valence-corrected chi connectivity index (χ4v) is 15.0. The standard InChI is InChI=1S/C17H14BrFO4.C16H13BrFNO3.C15H10BrFO4.C9H8BrIO2.C8H6ClFO2.C7H4BrIO2.C7H16.C6H5.C4H10BF3O.CH5N.ClH.Cu.Mg/c1-3-23-17(21)14-5-4-11(18)8-15(14)16(20)10-6-12(19)9-13(7-10)22-2;1-19-15(20)13-4-3-10(17)7-14(13)16(19,21)9-5-11(18)8-12(6-9)22-2;1-21-11-5-8(4-10(17)7-11)14(18)13-6-9(16)2-3-12(13)15(19)20;1-2-13-9(12)7-4-3-6(10)5-8(7)11;1-12-7-3-5(8(9)11)2-6(10)4-7;8-4-1-2-5(7(10)11)6(9)3-4;1-4-7(5-2)6-3;1-2-4-6-5-3-1;1-3-9(4-2)5(6,7)8;1-2;;;/h4-9H,3H2,1-2H3;3-8,21H,1-2H3;2-7H,1H3,(H,19,20);3-5H,2H2,1H3;2-4H,1H3;1-3H,(H,10,11);7H,4-6H2,1-3H3;1-5H;3-4H2,1-2H3;2H2,1H3;1H;;/q;;;;;;;-1;;;;;+2/p-1. The number of esters is 2. The van der Waals surface area contributed by atoms with Crippen molar-refractivity contribution >= 4 is 213 Å². The average molecular weight is 2440 g/mol. The van der Waals surface area contributed by atoms with Crippen molar-refractivity contribution in [3.63, 3.8) is 0 Å². The Balaban J connectivity index is 0. The summed E-state index contributed by atoms with van der Waals surface area (Å²) >= 11 is 25.6. The van der Waals surface area contributed by atoms with Crippen molar-refractivity contribution in [1.29, 1.82) is 0 Å². The number of carbonyl (C=O) groups excluding carboxylic acids is 6. The second-order valence-corrected chi connectivity index (χ2v) is 32.4. The van der Waals surface area contributed by atoms with Gasteiger partial charge in [-0.1, -0.05) is 120 Å². The number of ether oxygens (including phenoxy) is 6. The molecule has 1 atom stereocenters. The zero-order valence-electron chi connectivity index (χ0n) is 71.6. The summed E-state index contributed by atoms with van der Waals surface area (Å²) < 4.78 is 125. The Labute approximate surface area is 852 Å². The fourth-order valence-electron chi connectivity index (χ4n) is 10.8. The van der Waals surface area contributed by atoms with Gasteiger partial charge < -0.3 is 84.0 Å². The fraction of sp³-hybridized carbons (Fsp3) is 0.244. The number of hydrogen-bond donors (Lipinski definition) is 4. The van der Waals surface area contributed by atoms with Gasteiger partial charge in [0.05, 0.1) is 77.1 Å². The normalized spacial score (nSPS) is 11.5. The molecule has 10 aromatic carbocycles. The van der Waals surface area contributed by atoms with E-state index in [0.717, 1.165) is 50.7 Å². The van der Waals surface area contributed by atoms with Crippen molar-refractivity contribution in [3.05, 3.63) is 320 Å². The molecule has 0 bridgehead atoms. The molecule has 0 fully saturated rings. The first-order valence-electron chi connectivity index (χ1n) is 37.6. The van der Waals surface area contributed by atoms with Gasteiger partial charge in [0.2, 0.25) is 0 Å². The van der Waals surface area contributed by atoms with Crippen LogP contribution in [0.15, 0.2) is 216 Å². The number of aromatic carboxylic acids is 2. The third-order valence-electron chi connectivity index (χ3n) is 17.2. The van der Waals surface area contributed by atoms with Gasteiger partial charge in [0.15, 0.2) is 17.3 Å². The van der Waals surface area contributed by atoms with Gasteiger partial charge in [0.1, 0.15) is 46.3 Å². The number of ketones is 2. The van der Waals surface area contributed by atoms with Crippen LogP contribution in [0.4, 0.5) is 30.5 Å². The largest absolute Gasteiger partial charge is 2.00 e. The number of methoxy groups -OCH3 is 4. The molecule has 1 radical (unpaired) electrons. The molecular formula is C90H91BBr5Cl2CuF7I2MgN2O18. The predicted octanol–water partition coefficient (Wildman–Crippen LogP) is 21.0. The number of aliphatic hydroxyl groups is 1. The summed E-state index contributed by atoms with van der Waals surface area (Å²) in [6, 6.07) is 51.6. The van der Waals surface area contributed by atoms with Crippen LogP contribution in [0.2, 0.25) is 0 Å². The summed E-state index contributed by atoms with van der Waals surface area (Å²) in [5.74, 6) is -4.78. The Kier molecular flexibility index (Phi) is 61.5. The quantitative estimate of drug-likeness (QED) is 0.00717. The zero-order valence-corrected chi connectivity index (χ0v) is 87.7. The van der Waals surface area contributed by atoms with E-state index in [1.54, 1.807) is 62.4 Å². The average Bonchev–Trinajstić information content (AvgIpc) is 1.57. The van der Waals surface area contributed by atoms with Crippen molar-refractivity contribution in [2.45, 2.75) is 73.5 Å². The van der Waals surface area contributed by atoms with Crippen LogP contribution < -0.4 is 37.1 Å². The van der Waals surface area contributed by atoms with Crippen LogP contribution in [0.1, 0.15) is 173 Å². The summed E-state index contributed by atoms with van der Waals surface area (Å²) in [7, 11) is 3.69. The molecule has 0 aliphatic carbocycles. The minimum atomic E-state index is -4.82. The molecule has 1 heterocycles. The van der Waals surface area contributed by atoms with E-state index < -0.39 is 70.9 Å². The first-order chi connectivity index (χ1) is 59.5. The van der Waals surface area contributed by atoms with Crippen molar-refractivity contribution < 1.29 is 146 Å². The molecule has 129 heavy (non-hydrogen) atoms. The SMILES string of the molecule is CCC(CC)CC.CCOC(=O)c1ccc(Br)cc1C(=O)c1cc(F)cc(OC)c1.CCOC(=O)c1ccc(Br)cc1I.CC[O+](CC)[B-](F)(F)F.CN.COc1cc(F)cc(C(=O)Cl)c1.COc1cc(F)cc(C(=O)c2cc(Br)ccc2C(=O)O)c1.COc1cc(F)cc(C2(O)c3cc(Br)ccc3C(=O)N2C)c1.O=C(O)c1ccc(Br)cc1I.[Cl-].[Cu].[Mg+2].[c-]1ccccc1. The summed E-state index contributed by atoms with van der Waals surface area (Å²) in [5.41, 5.74) is 5.03. The van der Waals surface area contributed by atoms with Crippen molar-refractivity contribution in [2.24, 2.45) is 11.7 Å². The van der Waals surface area contributed by atoms with Crippen LogP contribution in [0, 0.1) is 42.4 Å². The number of nitrogens with two attached hydrogens (primary N) is 1. The van der Waals surface area contributed by atoms with E-state index in [-0.39, 0.29) is 152 Å². The van der Waals surface area contributed by atoms with Gasteiger partial charge >= 0.3 is 54.1 Å². The first kappa shape index (κ1) is 124. The first-order valence-corrected chi connectivity index (χ1v) is 44.2. The molecule has 0 saturated carbocycles. The van der Waals surface area contributed by atoms with Crippen LogP contribution in [0.3, 0.4) is 0 Å². The van der Waals surface area contributed by atoms with Crippen molar-refractivity contribution in [3.8, 4) is 23.0 Å². The smallest absolute Gasteiger partial charge is 1.00 e. The molecule has 0 aromatic heterocycles. The molecule has 0 saturated heterocycles. The molecule has 1 unspecified atom stereocenters. The molecule has 1 aliphatic rings. The number of nitrogens with zero attached hydrogens (tertiary/aromatic N) is 1. The molecule has 20 nitrogen and oxygen atoms in total. The molecule has 1 amide bonds. The second kappa shape index (κ2) is 64.0. The van der Waals surface area contributed by atoms with Gasteiger partial charge in [0.25, 0.3) is 11.1 Å². The maximum atomic E-state index is 13.8. The van der Waals surface area contributed by atoms with Gasteiger partial charge in [-0.25, -0.2) is 36.7 Å². The number of carbonyl (C=O) groups is 8. The summed E-state index contributed by atoms with van der Waals surface area (Å²) in [4.78, 5) is 94.4. The Morgan fingerprint density at radius 3 is 1.17 bits per heavy atom. The second-order valence-electron chi connectivity index (χ2n) is 25.2. The molecule has 697 valence electrons. The number of carboxylic acids is 2. The van der Waals surface area contributed by atoms with E-state index in [1.165, 1.54) is 164 Å². The molecule has 11 rings (SSSR count). The number of amides is 1. The maximum Gasteiger partial charge on any atom is 2.00 e. The van der Waals surface area contributed by atoms with E-state index >= 15 is 0 Å². The van der Waals surface area contributed by atoms with Gasteiger partial charge in [-0.05, 0) is 237 Å². The number of fused-ring (bicyclic) bond motifs is 1. The topological polar surface area (TPSA) is 285 Å². The Morgan fingerprint density at radius 1 is 0.496 bits per heavy atom. The van der Waals surface area contributed by atoms with Crippen LogP contribution in [0.5, 0.6) is 23.0 Å². The Morgan fingerprint density at radius 2 is 0.837 bits per heavy atom. The predicted molar refractivity (Wildman–Crippen MR) is 513 cm³/mol. The van der Waals surface area contributed by atoms with E-state index in [0.29, 0.717) is 37.8 Å². The van der Waals surface area contributed by atoms with E-state index in [4.69, 9.17) is 50.2 Å². The minimum Gasteiger partial charge on any atom is -1.00 e. The molecule has 0 spiro atoms. The van der Waals surface area contributed by atoms with E-state index in [2.05, 4.69) is 135 Å². The van der Waals surface area contributed by atoms with Crippen LogP contribution in [-0.2, 0) is 36.6 Å². The number of hydrogen-bond acceptors (Lipinski definition) is 16. The summed E-state index contributed by atoms with van der Waals surface area (Å²) in [6.07, 6.45) is 4.06. The number of halogens is 16. The van der Waals surface area contributed by atoms with Crippen LogP contribution in [-0.4, -0.2) is 166 Å². The molecule has 1 aliphatic heterocycles. The molecular weight excluding hydrogens is 2350 g/mol. The Bertz CT molecular complexity index is 5270. The number of rotatable bonds is 22. The van der Waals surface area contributed by atoms with Crippen LogP contribution >= 0.6 is 136 Å².